The Hall–Kier alpha value is -4.34. The molecule has 0 bridgehead atoms. The number of ether oxygens (including phenoxy) is 2. The lowest BCUT2D eigenvalue weighted by Crippen LogP contribution is -2.28. The summed E-state index contributed by atoms with van der Waals surface area (Å²) in [5, 5.41) is 3.98. The van der Waals surface area contributed by atoms with Gasteiger partial charge in [-0.2, -0.15) is 13.2 Å². The minimum Gasteiger partial charge on any atom is -0.493 e. The van der Waals surface area contributed by atoms with Crippen LogP contribution in [0.5, 0.6) is 5.75 Å². The Morgan fingerprint density at radius 1 is 1.03 bits per heavy atom. The molecule has 4 aromatic rings. The molecule has 4 rings (SSSR count). The van der Waals surface area contributed by atoms with Crippen LogP contribution in [0.2, 0.25) is 0 Å². The van der Waals surface area contributed by atoms with Gasteiger partial charge in [0.05, 0.1) is 13.0 Å². The van der Waals surface area contributed by atoms with Crippen LogP contribution in [0, 0.1) is 0 Å². The number of nitrogens with zero attached hydrogens (tertiary/aromatic N) is 1. The van der Waals surface area contributed by atoms with Crippen LogP contribution in [0.25, 0.3) is 10.9 Å². The second-order valence-electron chi connectivity index (χ2n) is 8.22. The number of hydrogen-bond acceptors (Lipinski definition) is 6. The van der Waals surface area contributed by atoms with Crippen LogP contribution in [0.4, 0.5) is 19.0 Å². The van der Waals surface area contributed by atoms with Gasteiger partial charge in [-0.15, -0.1) is 0 Å². The van der Waals surface area contributed by atoms with E-state index < -0.39 is 30.5 Å². The van der Waals surface area contributed by atoms with Gasteiger partial charge in [-0.1, -0.05) is 36.4 Å². The Labute approximate surface area is 210 Å². The fourth-order valence-electron chi connectivity index (χ4n) is 3.91. The molecule has 0 amide bonds. The molecule has 37 heavy (non-hydrogen) atoms. The lowest BCUT2D eigenvalue weighted by atomic mass is 9.88. The van der Waals surface area contributed by atoms with Gasteiger partial charge in [0, 0.05) is 41.8 Å². The number of fused-ring (bicyclic) bond motifs is 1. The molecule has 0 saturated carbocycles. The second-order valence-corrected chi connectivity index (χ2v) is 8.22. The lowest BCUT2D eigenvalue weighted by molar-refractivity contribution is -0.201. The molecule has 7 nitrogen and oxygen atoms in total. The van der Waals surface area contributed by atoms with Gasteiger partial charge in [0.15, 0.2) is 0 Å². The number of aromatic nitrogens is 2. The molecule has 1 unspecified atom stereocenters. The second kappa shape index (κ2) is 11.6. The number of rotatable bonds is 10. The molecule has 0 spiro atoms. The Balaban J connectivity index is 1.44. The van der Waals surface area contributed by atoms with Gasteiger partial charge in [-0.05, 0) is 41.8 Å². The van der Waals surface area contributed by atoms with Crippen molar-refractivity contribution in [1.82, 2.24) is 9.97 Å². The van der Waals surface area contributed by atoms with Crippen molar-refractivity contribution in [3.05, 3.63) is 90.3 Å². The van der Waals surface area contributed by atoms with E-state index in [1.54, 1.807) is 48.8 Å². The summed E-state index contributed by atoms with van der Waals surface area (Å²) in [6.45, 7) is 1.17. The minimum atomic E-state index is -5.25. The van der Waals surface area contributed by atoms with E-state index in [4.69, 9.17) is 4.74 Å². The summed E-state index contributed by atoms with van der Waals surface area (Å²) in [5.41, 5.74) is 2.11. The molecule has 0 aliphatic carbocycles. The average molecular weight is 512 g/mol. The Kier molecular flexibility index (Phi) is 8.07. The van der Waals surface area contributed by atoms with Crippen LogP contribution in [0.3, 0.4) is 0 Å². The predicted molar refractivity (Wildman–Crippen MR) is 131 cm³/mol. The van der Waals surface area contributed by atoms with Crippen molar-refractivity contribution in [2.45, 2.75) is 24.9 Å². The molecule has 0 aliphatic rings. The van der Waals surface area contributed by atoms with Crippen molar-refractivity contribution < 1.29 is 32.2 Å². The Morgan fingerprint density at radius 3 is 2.54 bits per heavy atom. The molecule has 2 N–H and O–H groups in total. The summed E-state index contributed by atoms with van der Waals surface area (Å²) < 4.78 is 47.5. The SMILES string of the molecule is O=C(CC(c1ccccc1)c1c[nH]c2cc(OCCCNc3ccccn3)ccc12)OC(=O)C(F)(F)F. The molecule has 2 aromatic heterocycles. The van der Waals surface area contributed by atoms with E-state index in [1.165, 1.54) is 0 Å². The molecular formula is C27H24F3N3O4. The highest BCUT2D eigenvalue weighted by Crippen LogP contribution is 2.35. The number of esters is 2. The number of carbonyl (C=O) groups is 2. The monoisotopic (exact) mass is 511 g/mol. The number of H-pyrrole nitrogens is 1. The summed E-state index contributed by atoms with van der Waals surface area (Å²) in [5.74, 6) is -2.98. The minimum absolute atomic E-state index is 0.444. The van der Waals surface area contributed by atoms with Gasteiger partial charge in [0.1, 0.15) is 11.6 Å². The molecule has 192 valence electrons. The van der Waals surface area contributed by atoms with Crippen molar-refractivity contribution in [2.24, 2.45) is 0 Å². The third-order valence-electron chi connectivity index (χ3n) is 5.63. The number of anilines is 1. The van der Waals surface area contributed by atoms with Crippen molar-refractivity contribution >= 4 is 28.7 Å². The van der Waals surface area contributed by atoms with E-state index in [2.05, 4.69) is 20.0 Å². The van der Waals surface area contributed by atoms with E-state index in [-0.39, 0.29) is 0 Å². The molecule has 0 fully saturated rings. The molecule has 2 aromatic carbocycles. The number of nitrogens with one attached hydrogen (secondary N) is 2. The molecule has 0 radical (unpaired) electrons. The maximum absolute atomic E-state index is 12.5. The highest BCUT2D eigenvalue weighted by atomic mass is 19.4. The lowest BCUT2D eigenvalue weighted by Gasteiger charge is -2.17. The molecule has 1 atom stereocenters. The van der Waals surface area contributed by atoms with Crippen LogP contribution in [-0.2, 0) is 14.3 Å². The largest absolute Gasteiger partial charge is 0.493 e. The predicted octanol–water partition coefficient (Wildman–Crippen LogP) is 5.60. The van der Waals surface area contributed by atoms with Crippen LogP contribution >= 0.6 is 0 Å². The van der Waals surface area contributed by atoms with Gasteiger partial charge >= 0.3 is 18.1 Å². The van der Waals surface area contributed by atoms with Crippen molar-refractivity contribution in [2.75, 3.05) is 18.5 Å². The quantitative estimate of drug-likeness (QED) is 0.164. The first-order valence-corrected chi connectivity index (χ1v) is 11.6. The first kappa shape index (κ1) is 25.7. The van der Waals surface area contributed by atoms with Crippen molar-refractivity contribution in [1.29, 1.82) is 0 Å². The summed E-state index contributed by atoms with van der Waals surface area (Å²) in [7, 11) is 0. The standard InChI is InChI=1S/C27H24F3N3O4/c28-27(29,30)26(35)37-25(34)16-21(18-7-2-1-3-8-18)22-17-33-23-15-19(10-11-20(22)23)36-14-6-13-32-24-9-4-5-12-31-24/h1-5,7-12,15,17,21,33H,6,13-14,16H2,(H,31,32). The first-order valence-electron chi connectivity index (χ1n) is 11.6. The van der Waals surface area contributed by atoms with Crippen LogP contribution in [-0.4, -0.2) is 41.2 Å². The summed E-state index contributed by atoms with van der Waals surface area (Å²) in [6.07, 6.45) is -1.53. The van der Waals surface area contributed by atoms with Gasteiger partial charge in [-0.25, -0.2) is 9.78 Å². The number of hydrogen-bond donors (Lipinski definition) is 2. The van der Waals surface area contributed by atoms with Crippen LogP contribution < -0.4 is 10.1 Å². The maximum atomic E-state index is 12.5. The summed E-state index contributed by atoms with van der Waals surface area (Å²) >= 11 is 0. The fourth-order valence-corrected chi connectivity index (χ4v) is 3.91. The molecular weight excluding hydrogens is 487 g/mol. The molecule has 10 heteroatoms. The zero-order valence-corrected chi connectivity index (χ0v) is 19.6. The third kappa shape index (κ3) is 6.87. The molecule has 2 heterocycles. The average Bonchev–Trinajstić information content (AvgIpc) is 3.30. The van der Waals surface area contributed by atoms with Crippen LogP contribution in [0.1, 0.15) is 29.9 Å². The Bertz CT molecular complexity index is 1340. The van der Waals surface area contributed by atoms with Gasteiger partial charge in [-0.3, -0.25) is 4.79 Å². The Morgan fingerprint density at radius 2 is 1.81 bits per heavy atom. The first-order chi connectivity index (χ1) is 17.8. The summed E-state index contributed by atoms with van der Waals surface area (Å²) in [6, 6.07) is 19.9. The van der Waals surface area contributed by atoms with Crippen molar-refractivity contribution in [3.63, 3.8) is 0 Å². The molecule has 0 aliphatic heterocycles. The zero-order chi connectivity index (χ0) is 26.3. The number of pyridine rings is 1. The van der Waals surface area contributed by atoms with E-state index in [9.17, 15) is 22.8 Å². The number of aromatic amines is 1. The van der Waals surface area contributed by atoms with Crippen LogP contribution in [0.15, 0.2) is 79.1 Å². The van der Waals surface area contributed by atoms with E-state index >= 15 is 0 Å². The molecule has 0 saturated heterocycles. The third-order valence-corrected chi connectivity index (χ3v) is 5.63. The zero-order valence-electron chi connectivity index (χ0n) is 19.6. The normalized spacial score (nSPS) is 12.2. The maximum Gasteiger partial charge on any atom is 0.491 e. The number of alkyl halides is 3. The van der Waals surface area contributed by atoms with Gasteiger partial charge in [0.25, 0.3) is 0 Å². The number of carbonyl (C=O) groups excluding carboxylic acids is 2. The smallest absolute Gasteiger partial charge is 0.491 e. The fraction of sp³-hybridized carbons (Fsp3) is 0.222. The highest BCUT2D eigenvalue weighted by molar-refractivity contribution is 5.90. The van der Waals surface area contributed by atoms with Gasteiger partial charge in [0.2, 0.25) is 0 Å². The van der Waals surface area contributed by atoms with Gasteiger partial charge < -0.3 is 19.8 Å². The topological polar surface area (TPSA) is 93.3 Å². The number of halogens is 3. The van der Waals surface area contributed by atoms with E-state index in [0.29, 0.717) is 30.0 Å². The number of benzene rings is 2. The van der Waals surface area contributed by atoms with Crippen molar-refractivity contribution in [3.8, 4) is 5.75 Å². The highest BCUT2D eigenvalue weighted by Gasteiger charge is 2.42. The van der Waals surface area contributed by atoms with E-state index in [1.807, 2.05) is 30.3 Å². The van der Waals surface area contributed by atoms with E-state index in [0.717, 1.165) is 23.1 Å². The summed E-state index contributed by atoms with van der Waals surface area (Å²) in [4.78, 5) is 30.7.